The Hall–Kier alpha value is -3.08. The van der Waals surface area contributed by atoms with Gasteiger partial charge in [-0.1, -0.05) is 183 Å². The SMILES string of the molecule is CC/C=C/C=C/C=C/C=C/C=C/CCCC(=O)OC(COC(=O)CCCCCCCCC/C=C/CCCCCCCCCCCCC)COP(=O)(O)OC[C@@H](N)C(=O)O. The molecular formula is C47H80NO10P. The monoisotopic (exact) mass is 850 g/mol. The lowest BCUT2D eigenvalue weighted by Gasteiger charge is -2.20. The fourth-order valence-corrected chi connectivity index (χ4v) is 6.57. The molecule has 0 aromatic carbocycles. The molecule has 0 aliphatic carbocycles. The highest BCUT2D eigenvalue weighted by atomic mass is 31.2. The van der Waals surface area contributed by atoms with Crippen molar-refractivity contribution in [1.82, 2.24) is 0 Å². The van der Waals surface area contributed by atoms with Crippen LogP contribution in [0, 0.1) is 0 Å². The molecule has 0 aromatic heterocycles. The summed E-state index contributed by atoms with van der Waals surface area (Å²) in [4.78, 5) is 45.9. The maximum atomic E-state index is 12.6. The molecule has 3 atom stereocenters. The van der Waals surface area contributed by atoms with Gasteiger partial charge in [-0.2, -0.15) is 0 Å². The third-order valence-electron chi connectivity index (χ3n) is 9.32. The highest BCUT2D eigenvalue weighted by Crippen LogP contribution is 2.43. The van der Waals surface area contributed by atoms with E-state index in [1.54, 1.807) is 0 Å². The molecule has 4 N–H and O–H groups in total. The fourth-order valence-electron chi connectivity index (χ4n) is 5.80. The van der Waals surface area contributed by atoms with E-state index in [1.807, 2.05) is 54.7 Å². The number of hydrogen-bond donors (Lipinski definition) is 3. The van der Waals surface area contributed by atoms with Crippen molar-refractivity contribution >= 4 is 25.7 Å². The summed E-state index contributed by atoms with van der Waals surface area (Å²) < 4.78 is 32.6. The molecule has 0 aromatic rings. The molecule has 0 saturated carbocycles. The number of hydrogen-bond acceptors (Lipinski definition) is 9. The van der Waals surface area contributed by atoms with Crippen molar-refractivity contribution in [1.29, 1.82) is 0 Å². The smallest absolute Gasteiger partial charge is 0.472 e. The summed E-state index contributed by atoms with van der Waals surface area (Å²) in [5, 5.41) is 8.88. The van der Waals surface area contributed by atoms with Crippen LogP contribution < -0.4 is 5.73 Å². The van der Waals surface area contributed by atoms with Crippen LogP contribution in [0.3, 0.4) is 0 Å². The second-order valence-corrected chi connectivity index (χ2v) is 16.4. The van der Waals surface area contributed by atoms with E-state index >= 15 is 0 Å². The summed E-state index contributed by atoms with van der Waals surface area (Å²) in [5.74, 6) is -2.49. The third kappa shape index (κ3) is 41.4. The molecule has 0 amide bonds. The van der Waals surface area contributed by atoms with Gasteiger partial charge in [0.1, 0.15) is 12.6 Å². The van der Waals surface area contributed by atoms with Crippen LogP contribution in [0.2, 0.25) is 0 Å². The number of unbranched alkanes of at least 4 members (excludes halogenated alkanes) is 19. The summed E-state index contributed by atoms with van der Waals surface area (Å²) in [6.07, 6.45) is 50.0. The number of nitrogens with two attached hydrogens (primary N) is 1. The summed E-state index contributed by atoms with van der Waals surface area (Å²) >= 11 is 0. The lowest BCUT2D eigenvalue weighted by atomic mass is 10.0. The van der Waals surface area contributed by atoms with E-state index in [9.17, 15) is 23.8 Å². The average molecular weight is 850 g/mol. The molecule has 59 heavy (non-hydrogen) atoms. The largest absolute Gasteiger partial charge is 0.480 e. The number of rotatable bonds is 41. The normalized spacial score (nSPS) is 14.4. The van der Waals surface area contributed by atoms with Gasteiger partial charge in [-0.25, -0.2) is 4.57 Å². The van der Waals surface area contributed by atoms with Crippen molar-refractivity contribution in [2.75, 3.05) is 19.8 Å². The topological polar surface area (TPSA) is 172 Å². The zero-order valence-electron chi connectivity index (χ0n) is 36.6. The van der Waals surface area contributed by atoms with Gasteiger partial charge in [-0.3, -0.25) is 23.4 Å². The zero-order chi connectivity index (χ0) is 43.5. The number of ether oxygens (including phenoxy) is 2. The first-order chi connectivity index (χ1) is 28.6. The molecular weight excluding hydrogens is 769 g/mol. The van der Waals surface area contributed by atoms with Gasteiger partial charge < -0.3 is 25.2 Å². The molecule has 0 spiro atoms. The Labute approximate surface area is 357 Å². The van der Waals surface area contributed by atoms with Gasteiger partial charge in [0, 0.05) is 12.8 Å². The highest BCUT2D eigenvalue weighted by molar-refractivity contribution is 7.47. The van der Waals surface area contributed by atoms with E-state index in [4.69, 9.17) is 24.8 Å². The first-order valence-corrected chi connectivity index (χ1v) is 24.0. The van der Waals surface area contributed by atoms with E-state index < -0.39 is 51.1 Å². The number of phosphoric acid groups is 1. The van der Waals surface area contributed by atoms with Gasteiger partial charge in [0.25, 0.3) is 0 Å². The summed E-state index contributed by atoms with van der Waals surface area (Å²) in [6, 6.07) is -1.54. The van der Waals surface area contributed by atoms with E-state index in [-0.39, 0.29) is 19.4 Å². The molecule has 338 valence electrons. The van der Waals surface area contributed by atoms with E-state index in [2.05, 4.69) is 36.6 Å². The molecule has 0 heterocycles. The lowest BCUT2D eigenvalue weighted by Crippen LogP contribution is -2.34. The molecule has 0 radical (unpaired) electrons. The summed E-state index contributed by atoms with van der Waals surface area (Å²) in [5.41, 5.74) is 5.32. The molecule has 0 saturated heterocycles. The number of phosphoric ester groups is 1. The van der Waals surface area contributed by atoms with Crippen molar-refractivity contribution in [3.63, 3.8) is 0 Å². The van der Waals surface area contributed by atoms with Crippen LogP contribution >= 0.6 is 7.82 Å². The second-order valence-electron chi connectivity index (χ2n) is 14.9. The minimum atomic E-state index is -4.74. The Morgan fingerprint density at radius 3 is 1.51 bits per heavy atom. The number of carboxylic acid groups (broad SMARTS) is 1. The van der Waals surface area contributed by atoms with Crippen LogP contribution in [0.4, 0.5) is 0 Å². The number of carboxylic acids is 1. The third-order valence-corrected chi connectivity index (χ3v) is 10.3. The molecule has 0 fully saturated rings. The maximum Gasteiger partial charge on any atom is 0.472 e. The first-order valence-electron chi connectivity index (χ1n) is 22.5. The minimum absolute atomic E-state index is 0.0609. The predicted octanol–water partition coefficient (Wildman–Crippen LogP) is 12.1. The van der Waals surface area contributed by atoms with Crippen molar-refractivity contribution in [3.05, 3.63) is 72.9 Å². The number of allylic oxidation sites excluding steroid dienone is 12. The van der Waals surface area contributed by atoms with Crippen molar-refractivity contribution in [3.8, 4) is 0 Å². The maximum absolute atomic E-state index is 12.6. The Kier molecular flexibility index (Phi) is 39.5. The quantitative estimate of drug-likeness (QED) is 0.0176. The van der Waals surface area contributed by atoms with Crippen LogP contribution in [0.1, 0.15) is 174 Å². The van der Waals surface area contributed by atoms with Crippen molar-refractivity contribution < 1.29 is 47.5 Å². The van der Waals surface area contributed by atoms with Crippen LogP contribution in [0.5, 0.6) is 0 Å². The van der Waals surface area contributed by atoms with Crippen LogP contribution in [-0.4, -0.2) is 59.9 Å². The van der Waals surface area contributed by atoms with E-state index in [1.165, 1.54) is 96.3 Å². The van der Waals surface area contributed by atoms with Gasteiger partial charge >= 0.3 is 25.7 Å². The van der Waals surface area contributed by atoms with Crippen LogP contribution in [0.15, 0.2) is 72.9 Å². The molecule has 12 heteroatoms. The lowest BCUT2D eigenvalue weighted by molar-refractivity contribution is -0.161. The predicted molar refractivity (Wildman–Crippen MR) is 240 cm³/mol. The molecule has 0 bridgehead atoms. The number of carbonyl (C=O) groups excluding carboxylic acids is 2. The Bertz CT molecular complexity index is 1280. The highest BCUT2D eigenvalue weighted by Gasteiger charge is 2.28. The van der Waals surface area contributed by atoms with E-state index in [0.29, 0.717) is 19.3 Å². The molecule has 2 unspecified atom stereocenters. The Morgan fingerprint density at radius 2 is 0.983 bits per heavy atom. The second kappa shape index (κ2) is 41.6. The standard InChI is InChI=1S/C47H80NO10P/c1-3-5-7-9-11-13-15-17-18-19-20-21-22-23-24-25-27-28-30-32-34-36-38-45(49)55-40-43(41-56-59(53,54)57-42-44(48)47(51)52)58-46(50)39-37-35-33-31-29-26-16-14-12-10-8-6-4-2/h6,8,10,12,14,16,22-23,26,29,31,33,43-44H,3-5,7,9,11,13,15,17-21,24-25,27-28,30,32,34-42,48H2,1-2H3,(H,51,52)(H,53,54)/b8-6+,12-10+,16-14+,23-22+,29-26+,33-31+/t43?,44-/m1/s1. The van der Waals surface area contributed by atoms with Gasteiger partial charge in [-0.05, 0) is 51.4 Å². The number of aliphatic carboxylic acids is 1. The van der Waals surface area contributed by atoms with Gasteiger partial charge in [0.2, 0.25) is 0 Å². The van der Waals surface area contributed by atoms with E-state index in [0.717, 1.165) is 32.1 Å². The molecule has 0 aliphatic rings. The minimum Gasteiger partial charge on any atom is -0.480 e. The Morgan fingerprint density at radius 1 is 0.542 bits per heavy atom. The summed E-state index contributed by atoms with van der Waals surface area (Å²) in [6.45, 7) is 2.58. The first kappa shape index (κ1) is 55.9. The number of carbonyl (C=O) groups is 3. The van der Waals surface area contributed by atoms with Crippen molar-refractivity contribution in [2.24, 2.45) is 5.73 Å². The average Bonchev–Trinajstić information content (AvgIpc) is 3.21. The summed E-state index contributed by atoms with van der Waals surface area (Å²) in [7, 11) is -4.74. The van der Waals surface area contributed by atoms with Gasteiger partial charge in [-0.15, -0.1) is 0 Å². The van der Waals surface area contributed by atoms with Gasteiger partial charge in [0.15, 0.2) is 6.10 Å². The van der Waals surface area contributed by atoms with Gasteiger partial charge in [0.05, 0.1) is 13.2 Å². The zero-order valence-corrected chi connectivity index (χ0v) is 37.5. The molecule has 0 aliphatic heterocycles. The van der Waals surface area contributed by atoms with Crippen LogP contribution in [0.25, 0.3) is 0 Å². The number of esters is 2. The fraction of sp³-hybridized carbons (Fsp3) is 0.681. The molecule has 0 rings (SSSR count). The van der Waals surface area contributed by atoms with Crippen LogP contribution in [-0.2, 0) is 37.5 Å². The van der Waals surface area contributed by atoms with Crippen molar-refractivity contribution in [2.45, 2.75) is 187 Å². The molecule has 11 nitrogen and oxygen atoms in total. The Balaban J connectivity index is 4.35.